The lowest BCUT2D eigenvalue weighted by molar-refractivity contribution is 0.315. The number of allylic oxidation sites excluding steroid dienone is 3. The van der Waals surface area contributed by atoms with E-state index in [0.717, 1.165) is 31.0 Å². The molecule has 0 bridgehead atoms. The van der Waals surface area contributed by atoms with Crippen molar-refractivity contribution >= 4 is 19.6 Å². The van der Waals surface area contributed by atoms with Crippen LogP contribution in [0.25, 0.3) is 0 Å². The summed E-state index contributed by atoms with van der Waals surface area (Å²) in [5, 5.41) is 3.45. The van der Waals surface area contributed by atoms with Crippen molar-refractivity contribution in [2.45, 2.75) is 59.4 Å². The minimum atomic E-state index is 0.222. The lowest BCUT2D eigenvalue weighted by atomic mass is 9.89. The molecule has 0 aromatic carbocycles. The third-order valence-electron chi connectivity index (χ3n) is 4.70. The van der Waals surface area contributed by atoms with E-state index in [0.29, 0.717) is 0 Å². The molecule has 0 amide bonds. The van der Waals surface area contributed by atoms with E-state index in [4.69, 9.17) is 0 Å². The summed E-state index contributed by atoms with van der Waals surface area (Å²) in [6.07, 6.45) is 13.2. The fourth-order valence-electron chi connectivity index (χ4n) is 2.96. The van der Waals surface area contributed by atoms with Crippen LogP contribution < -0.4 is 5.32 Å². The molecule has 1 unspecified atom stereocenters. The van der Waals surface area contributed by atoms with Crippen LogP contribution in [0.3, 0.4) is 0 Å². The SMILES string of the molecule is B/C(CCC)=C(/C)N1C=C(CCC)N(C(=C)C(C)N/C=C\CSC)C1. The van der Waals surface area contributed by atoms with Gasteiger partial charge in [0.05, 0.1) is 12.7 Å². The van der Waals surface area contributed by atoms with Crippen molar-refractivity contribution in [1.82, 2.24) is 15.1 Å². The highest BCUT2D eigenvalue weighted by atomic mass is 32.2. The highest BCUT2D eigenvalue weighted by molar-refractivity contribution is 7.98. The molecular formula is C20H36BN3S. The van der Waals surface area contributed by atoms with Crippen molar-refractivity contribution in [3.63, 3.8) is 0 Å². The van der Waals surface area contributed by atoms with Gasteiger partial charge in [-0.2, -0.15) is 11.8 Å². The average molecular weight is 361 g/mol. The van der Waals surface area contributed by atoms with Crippen molar-refractivity contribution in [1.29, 1.82) is 0 Å². The largest absolute Gasteiger partial charge is 0.383 e. The fraction of sp³-hybridized carbons (Fsp3) is 0.600. The number of nitrogens with zero attached hydrogens (tertiary/aromatic N) is 2. The van der Waals surface area contributed by atoms with Crippen molar-refractivity contribution in [2.75, 3.05) is 18.7 Å². The zero-order chi connectivity index (χ0) is 18.8. The van der Waals surface area contributed by atoms with Gasteiger partial charge in [0.1, 0.15) is 7.85 Å². The summed E-state index contributed by atoms with van der Waals surface area (Å²) in [5.74, 6) is 1.03. The van der Waals surface area contributed by atoms with Crippen LogP contribution in [0, 0.1) is 0 Å². The van der Waals surface area contributed by atoms with Gasteiger partial charge in [-0.05, 0) is 39.1 Å². The van der Waals surface area contributed by atoms with Crippen LogP contribution in [0.1, 0.15) is 53.4 Å². The first kappa shape index (κ1) is 21.8. The molecule has 1 atom stereocenters. The Bertz CT molecular complexity index is 525. The second-order valence-electron chi connectivity index (χ2n) is 6.76. The van der Waals surface area contributed by atoms with Gasteiger partial charge in [0.25, 0.3) is 0 Å². The van der Waals surface area contributed by atoms with E-state index >= 15 is 0 Å². The Morgan fingerprint density at radius 3 is 2.76 bits per heavy atom. The molecule has 0 radical (unpaired) electrons. The Hall–Kier alpha value is -1.23. The van der Waals surface area contributed by atoms with Gasteiger partial charge >= 0.3 is 0 Å². The molecule has 0 fully saturated rings. The van der Waals surface area contributed by atoms with Gasteiger partial charge in [0.2, 0.25) is 0 Å². The molecule has 0 saturated carbocycles. The highest BCUT2D eigenvalue weighted by Crippen LogP contribution is 2.29. The second-order valence-corrected chi connectivity index (χ2v) is 7.67. The first-order valence-electron chi connectivity index (χ1n) is 9.46. The van der Waals surface area contributed by atoms with Crippen molar-refractivity contribution < 1.29 is 0 Å². The van der Waals surface area contributed by atoms with Crippen LogP contribution in [-0.2, 0) is 0 Å². The number of hydrogen-bond acceptors (Lipinski definition) is 4. The Morgan fingerprint density at radius 2 is 2.16 bits per heavy atom. The third kappa shape index (κ3) is 6.54. The van der Waals surface area contributed by atoms with E-state index in [1.54, 1.807) is 0 Å². The van der Waals surface area contributed by atoms with E-state index in [9.17, 15) is 0 Å². The molecule has 0 saturated heterocycles. The highest BCUT2D eigenvalue weighted by Gasteiger charge is 2.25. The zero-order valence-corrected chi connectivity index (χ0v) is 17.9. The molecule has 3 nitrogen and oxygen atoms in total. The van der Waals surface area contributed by atoms with Crippen LogP contribution in [0.4, 0.5) is 0 Å². The lowest BCUT2D eigenvalue weighted by Gasteiger charge is -2.30. The molecule has 0 aromatic rings. The maximum absolute atomic E-state index is 4.38. The minimum absolute atomic E-state index is 0.222. The summed E-state index contributed by atoms with van der Waals surface area (Å²) in [7, 11) is 2.25. The molecule has 0 aromatic heterocycles. The maximum atomic E-state index is 4.38. The standard InChI is InChI=1S/C20H36BN3S/c1-7-10-19-14-23(18(5)20(21)11-8-2)15-24(19)17(4)16(3)22-12-9-13-25-6/h9,12,14,16,22H,4,7-8,10-11,13,15,21H2,1-3,5-6H3/b12-9-,20-18-. The van der Waals surface area contributed by atoms with Gasteiger partial charge in [-0.15, -0.1) is 0 Å². The molecule has 1 rings (SSSR count). The normalized spacial score (nSPS) is 16.9. The van der Waals surface area contributed by atoms with Crippen LogP contribution >= 0.6 is 11.8 Å². The van der Waals surface area contributed by atoms with Crippen LogP contribution in [-0.4, -0.2) is 42.4 Å². The number of hydrogen-bond donors (Lipinski definition) is 1. The van der Waals surface area contributed by atoms with Crippen molar-refractivity contribution in [3.05, 3.63) is 47.6 Å². The molecule has 1 aliphatic heterocycles. The van der Waals surface area contributed by atoms with Gasteiger partial charge in [-0.1, -0.05) is 44.8 Å². The van der Waals surface area contributed by atoms with E-state index in [1.807, 2.05) is 11.8 Å². The number of rotatable bonds is 11. The van der Waals surface area contributed by atoms with Gasteiger partial charge in [-0.25, -0.2) is 0 Å². The van der Waals surface area contributed by atoms with Gasteiger partial charge < -0.3 is 15.1 Å². The van der Waals surface area contributed by atoms with Gasteiger partial charge in [0, 0.05) is 29.0 Å². The molecule has 25 heavy (non-hydrogen) atoms. The second kappa shape index (κ2) is 11.4. The summed E-state index contributed by atoms with van der Waals surface area (Å²) in [6, 6.07) is 0.222. The molecule has 140 valence electrons. The first-order chi connectivity index (χ1) is 12.0. The number of nitrogens with one attached hydrogen (secondary N) is 1. The quantitative estimate of drug-likeness (QED) is 0.555. The molecule has 0 spiro atoms. The summed E-state index contributed by atoms with van der Waals surface area (Å²) in [6.45, 7) is 14.2. The smallest absolute Gasteiger partial charge is 0.136 e. The molecular weight excluding hydrogens is 325 g/mol. The Morgan fingerprint density at radius 1 is 1.44 bits per heavy atom. The predicted octanol–water partition coefficient (Wildman–Crippen LogP) is 4.24. The maximum Gasteiger partial charge on any atom is 0.136 e. The first-order valence-corrected chi connectivity index (χ1v) is 10.9. The zero-order valence-electron chi connectivity index (χ0n) is 17.1. The van der Waals surface area contributed by atoms with Crippen LogP contribution in [0.5, 0.6) is 0 Å². The van der Waals surface area contributed by atoms with Crippen molar-refractivity contribution in [3.8, 4) is 0 Å². The monoisotopic (exact) mass is 361 g/mol. The van der Waals surface area contributed by atoms with Crippen molar-refractivity contribution in [2.24, 2.45) is 0 Å². The third-order valence-corrected chi connectivity index (χ3v) is 5.22. The molecule has 1 aliphatic rings. The topological polar surface area (TPSA) is 18.5 Å². The number of thioether (sulfide) groups is 1. The van der Waals surface area contributed by atoms with Crippen LogP contribution in [0.2, 0.25) is 0 Å². The molecule has 1 N–H and O–H groups in total. The van der Waals surface area contributed by atoms with Crippen LogP contribution in [0.15, 0.2) is 47.6 Å². The molecule has 1 heterocycles. The average Bonchev–Trinajstić information content (AvgIpc) is 3.01. The van der Waals surface area contributed by atoms with E-state index in [1.165, 1.54) is 29.7 Å². The summed E-state index contributed by atoms with van der Waals surface area (Å²) in [5.41, 5.74) is 5.37. The lowest BCUT2D eigenvalue weighted by Crippen LogP contribution is -2.35. The predicted molar refractivity (Wildman–Crippen MR) is 117 cm³/mol. The van der Waals surface area contributed by atoms with Gasteiger partial charge in [-0.3, -0.25) is 0 Å². The summed E-state index contributed by atoms with van der Waals surface area (Å²) < 4.78 is 0. The minimum Gasteiger partial charge on any atom is -0.383 e. The van der Waals surface area contributed by atoms with E-state index < -0.39 is 0 Å². The van der Waals surface area contributed by atoms with E-state index in [-0.39, 0.29) is 6.04 Å². The molecule has 0 aliphatic carbocycles. The van der Waals surface area contributed by atoms with E-state index in [2.05, 4.69) is 82.0 Å². The fourth-order valence-corrected chi connectivity index (χ4v) is 3.24. The Balaban J connectivity index is 2.83. The Kier molecular flexibility index (Phi) is 9.95. The molecule has 5 heteroatoms. The van der Waals surface area contributed by atoms with Gasteiger partial charge in [0.15, 0.2) is 0 Å². The summed E-state index contributed by atoms with van der Waals surface area (Å²) in [4.78, 5) is 4.77. The summed E-state index contributed by atoms with van der Waals surface area (Å²) >= 11 is 1.82. The Labute approximate surface area is 160 Å².